The predicted octanol–water partition coefficient (Wildman–Crippen LogP) is 2.19. The van der Waals surface area contributed by atoms with Crippen molar-refractivity contribution in [2.24, 2.45) is 0 Å². The molecular formula is C13H11N3O. The molecule has 3 aromatic rings. The fourth-order valence-electron chi connectivity index (χ4n) is 1.92. The average molecular weight is 225 g/mol. The summed E-state index contributed by atoms with van der Waals surface area (Å²) in [7, 11) is 0. The van der Waals surface area contributed by atoms with E-state index in [0.717, 1.165) is 16.3 Å². The molecule has 0 saturated heterocycles. The van der Waals surface area contributed by atoms with Crippen LogP contribution < -0.4 is 0 Å². The summed E-state index contributed by atoms with van der Waals surface area (Å²) in [4.78, 5) is 3.88. The largest absolute Gasteiger partial charge is 0.507 e. The Morgan fingerprint density at radius 3 is 2.82 bits per heavy atom. The molecule has 0 unspecified atom stereocenters. The predicted molar refractivity (Wildman–Crippen MR) is 64.7 cm³/mol. The minimum absolute atomic E-state index is 0.318. The van der Waals surface area contributed by atoms with Gasteiger partial charge in [-0.15, -0.1) is 0 Å². The van der Waals surface area contributed by atoms with Gasteiger partial charge in [0.1, 0.15) is 18.4 Å². The fraction of sp³-hybridized carbons (Fsp3) is 0.0769. The van der Waals surface area contributed by atoms with E-state index in [-0.39, 0.29) is 0 Å². The molecular weight excluding hydrogens is 214 g/mol. The smallest absolute Gasteiger partial charge is 0.137 e. The molecule has 4 nitrogen and oxygen atoms in total. The molecule has 4 heteroatoms. The van der Waals surface area contributed by atoms with Crippen molar-refractivity contribution in [1.29, 1.82) is 0 Å². The van der Waals surface area contributed by atoms with Crippen LogP contribution >= 0.6 is 0 Å². The second-order valence-corrected chi connectivity index (χ2v) is 3.89. The molecule has 84 valence electrons. The van der Waals surface area contributed by atoms with Crippen LogP contribution in [0.2, 0.25) is 0 Å². The molecule has 1 N–H and O–H groups in total. The molecule has 0 aliphatic rings. The van der Waals surface area contributed by atoms with Crippen molar-refractivity contribution in [3.05, 3.63) is 54.6 Å². The van der Waals surface area contributed by atoms with Gasteiger partial charge < -0.3 is 5.11 Å². The first-order valence-electron chi connectivity index (χ1n) is 5.36. The highest BCUT2D eigenvalue weighted by molar-refractivity contribution is 5.89. The van der Waals surface area contributed by atoms with Crippen LogP contribution in [0.3, 0.4) is 0 Å². The van der Waals surface area contributed by atoms with Gasteiger partial charge in [0, 0.05) is 10.9 Å². The van der Waals surface area contributed by atoms with E-state index < -0.39 is 0 Å². The lowest BCUT2D eigenvalue weighted by molar-refractivity contribution is 0.470. The number of hydrogen-bond acceptors (Lipinski definition) is 3. The summed E-state index contributed by atoms with van der Waals surface area (Å²) in [6.07, 6.45) is 3.12. The summed E-state index contributed by atoms with van der Waals surface area (Å²) < 4.78 is 1.68. The average Bonchev–Trinajstić information content (AvgIpc) is 2.86. The van der Waals surface area contributed by atoms with Crippen molar-refractivity contribution in [2.75, 3.05) is 0 Å². The molecule has 0 saturated carbocycles. The van der Waals surface area contributed by atoms with E-state index in [9.17, 15) is 5.11 Å². The lowest BCUT2D eigenvalue weighted by Gasteiger charge is -2.07. The molecule has 0 radical (unpaired) electrons. The highest BCUT2D eigenvalue weighted by atomic mass is 16.3. The van der Waals surface area contributed by atoms with Gasteiger partial charge in [-0.1, -0.05) is 36.4 Å². The molecule has 0 fully saturated rings. The zero-order valence-electron chi connectivity index (χ0n) is 9.11. The van der Waals surface area contributed by atoms with Crippen LogP contribution in [-0.2, 0) is 6.54 Å². The van der Waals surface area contributed by atoms with Crippen LogP contribution in [0.1, 0.15) is 5.56 Å². The summed E-state index contributed by atoms with van der Waals surface area (Å²) in [5.41, 5.74) is 0.842. The van der Waals surface area contributed by atoms with Gasteiger partial charge >= 0.3 is 0 Å². The Morgan fingerprint density at radius 1 is 1.12 bits per heavy atom. The molecule has 0 spiro atoms. The Kier molecular flexibility index (Phi) is 2.26. The number of phenols is 1. The third kappa shape index (κ3) is 1.73. The van der Waals surface area contributed by atoms with Crippen LogP contribution in [0.15, 0.2) is 49.1 Å². The van der Waals surface area contributed by atoms with Crippen LogP contribution in [0, 0.1) is 0 Å². The number of rotatable bonds is 2. The van der Waals surface area contributed by atoms with Gasteiger partial charge in [0.25, 0.3) is 0 Å². The maximum absolute atomic E-state index is 10.2. The molecule has 17 heavy (non-hydrogen) atoms. The number of aromatic nitrogens is 3. The summed E-state index contributed by atoms with van der Waals surface area (Å²) in [6.45, 7) is 0.524. The number of nitrogens with zero attached hydrogens (tertiary/aromatic N) is 3. The molecule has 0 aliphatic heterocycles. The summed E-state index contributed by atoms with van der Waals surface area (Å²) in [5.74, 6) is 0.318. The molecule has 0 aliphatic carbocycles. The van der Waals surface area contributed by atoms with Gasteiger partial charge in [0.15, 0.2) is 0 Å². The van der Waals surface area contributed by atoms with Crippen LogP contribution in [0.25, 0.3) is 10.8 Å². The lowest BCUT2D eigenvalue weighted by Crippen LogP contribution is -2.00. The SMILES string of the molecule is Oc1c(Cn2cncn2)ccc2ccccc12. The maximum atomic E-state index is 10.2. The van der Waals surface area contributed by atoms with Crippen molar-refractivity contribution in [3.8, 4) is 5.75 Å². The quantitative estimate of drug-likeness (QED) is 0.727. The van der Waals surface area contributed by atoms with Crippen molar-refractivity contribution >= 4 is 10.8 Å². The van der Waals surface area contributed by atoms with Gasteiger partial charge in [-0.2, -0.15) is 5.10 Å². The van der Waals surface area contributed by atoms with Crippen LogP contribution in [0.4, 0.5) is 0 Å². The van der Waals surface area contributed by atoms with Crippen molar-refractivity contribution in [1.82, 2.24) is 14.8 Å². The van der Waals surface area contributed by atoms with Gasteiger partial charge in [-0.3, -0.25) is 0 Å². The highest BCUT2D eigenvalue weighted by Crippen LogP contribution is 2.28. The standard InChI is InChI=1S/C13H11N3O/c17-13-11(7-16-9-14-8-15-16)6-5-10-3-1-2-4-12(10)13/h1-6,8-9,17H,7H2. The van der Waals surface area contributed by atoms with E-state index in [1.807, 2.05) is 36.4 Å². The summed E-state index contributed by atoms with van der Waals surface area (Å²) in [5, 5.41) is 16.1. The number of benzene rings is 2. The topological polar surface area (TPSA) is 50.9 Å². The van der Waals surface area contributed by atoms with Gasteiger partial charge in [0.2, 0.25) is 0 Å². The van der Waals surface area contributed by atoms with Gasteiger partial charge in [-0.25, -0.2) is 9.67 Å². The van der Waals surface area contributed by atoms with Crippen molar-refractivity contribution in [3.63, 3.8) is 0 Å². The normalized spacial score (nSPS) is 10.8. The van der Waals surface area contributed by atoms with E-state index in [2.05, 4.69) is 10.1 Å². The third-order valence-corrected chi connectivity index (χ3v) is 2.78. The number of aromatic hydroxyl groups is 1. The molecule has 0 amide bonds. The second-order valence-electron chi connectivity index (χ2n) is 3.89. The Hall–Kier alpha value is -2.36. The van der Waals surface area contributed by atoms with E-state index in [4.69, 9.17) is 0 Å². The van der Waals surface area contributed by atoms with Crippen LogP contribution in [0.5, 0.6) is 5.75 Å². The Labute approximate surface area is 98.2 Å². The monoisotopic (exact) mass is 225 g/mol. The van der Waals surface area contributed by atoms with Crippen molar-refractivity contribution < 1.29 is 5.11 Å². The third-order valence-electron chi connectivity index (χ3n) is 2.78. The number of phenolic OH excluding ortho intramolecular Hbond substituents is 1. The van der Waals surface area contributed by atoms with Gasteiger partial charge in [0.05, 0.1) is 6.54 Å². The Bertz CT molecular complexity index is 647. The van der Waals surface area contributed by atoms with Crippen molar-refractivity contribution in [2.45, 2.75) is 6.54 Å². The van der Waals surface area contributed by atoms with E-state index >= 15 is 0 Å². The van der Waals surface area contributed by atoms with E-state index in [0.29, 0.717) is 12.3 Å². The minimum atomic E-state index is 0.318. The molecule has 0 bridgehead atoms. The first kappa shape index (κ1) is 9.84. The zero-order valence-corrected chi connectivity index (χ0v) is 9.11. The van der Waals surface area contributed by atoms with Gasteiger partial charge in [-0.05, 0) is 5.39 Å². The molecule has 3 rings (SSSR count). The fourth-order valence-corrected chi connectivity index (χ4v) is 1.92. The molecule has 2 aromatic carbocycles. The second kappa shape index (κ2) is 3.90. The molecule has 1 aromatic heterocycles. The van der Waals surface area contributed by atoms with Crippen LogP contribution in [-0.4, -0.2) is 19.9 Å². The highest BCUT2D eigenvalue weighted by Gasteiger charge is 2.06. The summed E-state index contributed by atoms with van der Waals surface area (Å²) in [6, 6.07) is 11.7. The Morgan fingerprint density at radius 2 is 2.00 bits per heavy atom. The molecule has 0 atom stereocenters. The summed E-state index contributed by atoms with van der Waals surface area (Å²) >= 11 is 0. The maximum Gasteiger partial charge on any atom is 0.137 e. The lowest BCUT2D eigenvalue weighted by atomic mass is 10.1. The zero-order chi connectivity index (χ0) is 11.7. The first-order chi connectivity index (χ1) is 8.34. The number of hydrogen-bond donors (Lipinski definition) is 1. The van der Waals surface area contributed by atoms with E-state index in [1.165, 1.54) is 6.33 Å². The first-order valence-corrected chi connectivity index (χ1v) is 5.36. The van der Waals surface area contributed by atoms with E-state index in [1.54, 1.807) is 11.0 Å². The number of fused-ring (bicyclic) bond motifs is 1. The molecule has 1 heterocycles. The minimum Gasteiger partial charge on any atom is -0.507 e. The Balaban J connectivity index is 2.09.